The molecule has 28 heavy (non-hydrogen) atoms. The Morgan fingerprint density at radius 2 is 1.86 bits per heavy atom. The van der Waals surface area contributed by atoms with Gasteiger partial charge in [0.15, 0.2) is 5.96 Å². The largest absolute Gasteiger partial charge is 0.357 e. The summed E-state index contributed by atoms with van der Waals surface area (Å²) < 4.78 is 2.29. The van der Waals surface area contributed by atoms with E-state index in [1.807, 2.05) is 6.07 Å². The predicted molar refractivity (Wildman–Crippen MR) is 131 cm³/mol. The maximum atomic E-state index is 4.73. The van der Waals surface area contributed by atoms with Crippen LogP contribution in [0.5, 0.6) is 0 Å². The molecule has 0 aliphatic heterocycles. The van der Waals surface area contributed by atoms with Gasteiger partial charge in [0.25, 0.3) is 0 Å². The highest BCUT2D eigenvalue weighted by atomic mass is 127. The lowest BCUT2D eigenvalue weighted by Gasteiger charge is -2.18. The van der Waals surface area contributed by atoms with Crippen molar-refractivity contribution in [2.24, 2.45) is 4.99 Å². The van der Waals surface area contributed by atoms with Crippen LogP contribution in [-0.2, 0) is 6.54 Å². The molecule has 0 radical (unpaired) electrons. The lowest BCUT2D eigenvalue weighted by molar-refractivity contribution is 0.300. The molecule has 1 aromatic heterocycles. The molecule has 0 aliphatic rings. The number of para-hydroxylation sites is 2. The molecule has 6 nitrogen and oxygen atoms in total. The first-order chi connectivity index (χ1) is 13.2. The van der Waals surface area contributed by atoms with E-state index in [1.165, 1.54) is 5.52 Å². The van der Waals surface area contributed by atoms with Crippen molar-refractivity contribution in [3.05, 3.63) is 30.1 Å². The molecule has 0 aliphatic carbocycles. The summed E-state index contributed by atoms with van der Waals surface area (Å²) in [7, 11) is 0. The van der Waals surface area contributed by atoms with Crippen molar-refractivity contribution in [3.63, 3.8) is 0 Å². The molecule has 7 heteroatoms. The zero-order valence-corrected chi connectivity index (χ0v) is 20.2. The molecule has 0 unspecified atom stereocenters. The van der Waals surface area contributed by atoms with E-state index in [9.17, 15) is 0 Å². The topological polar surface area (TPSA) is 57.5 Å². The minimum absolute atomic E-state index is 0. The number of aliphatic imine (C=N–C) groups is 1. The van der Waals surface area contributed by atoms with Gasteiger partial charge in [-0.1, -0.05) is 26.0 Å². The molecule has 1 heterocycles. The fourth-order valence-corrected chi connectivity index (χ4v) is 3.29. The van der Waals surface area contributed by atoms with Crippen LogP contribution in [0.4, 0.5) is 0 Å². The molecule has 0 amide bonds. The van der Waals surface area contributed by atoms with Crippen molar-refractivity contribution in [1.82, 2.24) is 25.1 Å². The third kappa shape index (κ3) is 7.58. The second-order valence-corrected chi connectivity index (χ2v) is 6.72. The first kappa shape index (κ1) is 24.7. The number of benzene rings is 1. The summed E-state index contributed by atoms with van der Waals surface area (Å²) in [6.45, 7) is 15.6. The van der Waals surface area contributed by atoms with Crippen molar-refractivity contribution in [3.8, 4) is 0 Å². The lowest BCUT2D eigenvalue weighted by atomic mass is 10.3. The smallest absolute Gasteiger partial charge is 0.191 e. The molecular formula is C21H37IN6. The Labute approximate surface area is 187 Å². The molecule has 2 N–H and O–H groups in total. The highest BCUT2D eigenvalue weighted by molar-refractivity contribution is 14.0. The Morgan fingerprint density at radius 1 is 1.11 bits per heavy atom. The van der Waals surface area contributed by atoms with Gasteiger partial charge >= 0.3 is 0 Å². The SMILES string of the molecule is CCNC(=NCCCn1c(C)nc2ccccc21)NCCCN(CC)CC.I. The molecular weight excluding hydrogens is 463 g/mol. The minimum Gasteiger partial charge on any atom is -0.357 e. The Kier molecular flexibility index (Phi) is 12.1. The Morgan fingerprint density at radius 3 is 2.57 bits per heavy atom. The van der Waals surface area contributed by atoms with Gasteiger partial charge in [-0.2, -0.15) is 0 Å². The van der Waals surface area contributed by atoms with Gasteiger partial charge in [0.2, 0.25) is 0 Å². The molecule has 0 saturated carbocycles. The number of hydrogen-bond donors (Lipinski definition) is 2. The number of guanidine groups is 1. The van der Waals surface area contributed by atoms with Crippen LogP contribution in [0.1, 0.15) is 39.4 Å². The highest BCUT2D eigenvalue weighted by Crippen LogP contribution is 2.15. The summed E-state index contributed by atoms with van der Waals surface area (Å²) in [5.74, 6) is 1.99. The first-order valence-corrected chi connectivity index (χ1v) is 10.4. The number of imidazole rings is 1. The number of nitrogens with zero attached hydrogens (tertiary/aromatic N) is 4. The molecule has 2 rings (SSSR count). The van der Waals surface area contributed by atoms with Crippen LogP contribution in [0.2, 0.25) is 0 Å². The average molecular weight is 500 g/mol. The van der Waals surface area contributed by atoms with Gasteiger partial charge in [-0.05, 0) is 58.5 Å². The van der Waals surface area contributed by atoms with Gasteiger partial charge in [-0.25, -0.2) is 4.98 Å². The monoisotopic (exact) mass is 500 g/mol. The van der Waals surface area contributed by atoms with Crippen LogP contribution >= 0.6 is 24.0 Å². The molecule has 0 spiro atoms. The van der Waals surface area contributed by atoms with Crippen LogP contribution in [0.15, 0.2) is 29.3 Å². The van der Waals surface area contributed by atoms with Gasteiger partial charge in [0.05, 0.1) is 11.0 Å². The molecule has 2 aromatic rings. The second-order valence-electron chi connectivity index (χ2n) is 6.72. The summed E-state index contributed by atoms with van der Waals surface area (Å²) in [5, 5.41) is 6.79. The minimum atomic E-state index is 0. The Balaban J connectivity index is 0.00000392. The van der Waals surface area contributed by atoms with E-state index < -0.39 is 0 Å². The molecule has 0 saturated heterocycles. The number of fused-ring (bicyclic) bond motifs is 1. The van der Waals surface area contributed by atoms with Gasteiger partial charge in [-0.15, -0.1) is 24.0 Å². The van der Waals surface area contributed by atoms with E-state index in [0.717, 1.165) is 76.0 Å². The van der Waals surface area contributed by atoms with Crippen molar-refractivity contribution < 1.29 is 0 Å². The van der Waals surface area contributed by atoms with Gasteiger partial charge in [-0.3, -0.25) is 4.99 Å². The normalized spacial score (nSPS) is 11.7. The first-order valence-electron chi connectivity index (χ1n) is 10.4. The number of rotatable bonds is 11. The van der Waals surface area contributed by atoms with Crippen LogP contribution in [0.25, 0.3) is 11.0 Å². The summed E-state index contributed by atoms with van der Waals surface area (Å²) in [6, 6.07) is 8.32. The predicted octanol–water partition coefficient (Wildman–Crippen LogP) is 3.64. The van der Waals surface area contributed by atoms with E-state index in [4.69, 9.17) is 4.99 Å². The van der Waals surface area contributed by atoms with Crippen molar-refractivity contribution in [2.45, 2.75) is 47.1 Å². The number of aromatic nitrogens is 2. The number of aryl methyl sites for hydroxylation is 2. The van der Waals surface area contributed by atoms with Crippen LogP contribution in [0, 0.1) is 6.92 Å². The van der Waals surface area contributed by atoms with E-state index in [0.29, 0.717) is 0 Å². The molecule has 0 atom stereocenters. The van der Waals surface area contributed by atoms with Crippen LogP contribution in [-0.4, -0.2) is 59.7 Å². The summed E-state index contributed by atoms with van der Waals surface area (Å²) in [5.41, 5.74) is 2.28. The van der Waals surface area contributed by atoms with Crippen LogP contribution in [0.3, 0.4) is 0 Å². The fraction of sp³-hybridized carbons (Fsp3) is 0.619. The third-order valence-corrected chi connectivity index (χ3v) is 4.84. The summed E-state index contributed by atoms with van der Waals surface area (Å²) >= 11 is 0. The number of hydrogen-bond acceptors (Lipinski definition) is 3. The lowest BCUT2D eigenvalue weighted by Crippen LogP contribution is -2.39. The average Bonchev–Trinajstić information content (AvgIpc) is 3.00. The van der Waals surface area contributed by atoms with Crippen molar-refractivity contribution in [2.75, 3.05) is 39.3 Å². The molecule has 0 bridgehead atoms. The third-order valence-electron chi connectivity index (χ3n) is 4.84. The highest BCUT2D eigenvalue weighted by Gasteiger charge is 2.06. The van der Waals surface area contributed by atoms with Gasteiger partial charge < -0.3 is 20.1 Å². The molecule has 1 aromatic carbocycles. The zero-order chi connectivity index (χ0) is 19.5. The van der Waals surface area contributed by atoms with Gasteiger partial charge in [0.1, 0.15) is 5.82 Å². The quantitative estimate of drug-likeness (QED) is 0.214. The Hall–Kier alpha value is -1.35. The van der Waals surface area contributed by atoms with E-state index >= 15 is 0 Å². The number of nitrogens with one attached hydrogen (secondary N) is 2. The van der Waals surface area contributed by atoms with Crippen molar-refractivity contribution >= 4 is 41.0 Å². The molecule has 0 fully saturated rings. The van der Waals surface area contributed by atoms with E-state index in [1.54, 1.807) is 0 Å². The standard InChI is InChI=1S/C21H36N6.HI/c1-5-22-21(23-14-10-16-26(6-2)7-3)24-15-11-17-27-18(4)25-19-12-8-9-13-20(19)27;/h8-9,12-13H,5-7,10-11,14-17H2,1-4H3,(H2,22,23,24);1H. The number of halogens is 1. The van der Waals surface area contributed by atoms with Crippen molar-refractivity contribution in [1.29, 1.82) is 0 Å². The maximum absolute atomic E-state index is 4.73. The maximum Gasteiger partial charge on any atom is 0.191 e. The molecule has 158 valence electrons. The zero-order valence-electron chi connectivity index (χ0n) is 17.9. The van der Waals surface area contributed by atoms with Gasteiger partial charge in [0, 0.05) is 26.2 Å². The van der Waals surface area contributed by atoms with E-state index in [2.05, 4.69) is 71.0 Å². The Bertz CT molecular complexity index is 708. The summed E-state index contributed by atoms with van der Waals surface area (Å²) in [6.07, 6.45) is 2.13. The summed E-state index contributed by atoms with van der Waals surface area (Å²) in [4.78, 5) is 11.8. The second kappa shape index (κ2) is 13.8. The van der Waals surface area contributed by atoms with Crippen LogP contribution < -0.4 is 10.6 Å². The van der Waals surface area contributed by atoms with E-state index in [-0.39, 0.29) is 24.0 Å². The fourth-order valence-electron chi connectivity index (χ4n) is 3.29.